The minimum absolute atomic E-state index is 0.194. The summed E-state index contributed by atoms with van der Waals surface area (Å²) in [5, 5.41) is 0. The molecule has 1 saturated heterocycles. The summed E-state index contributed by atoms with van der Waals surface area (Å²) >= 11 is 0. The molecule has 0 N–H and O–H groups in total. The highest BCUT2D eigenvalue weighted by atomic mass is 16.5. The molecule has 2 aromatic rings. The zero-order valence-corrected chi connectivity index (χ0v) is 15.8. The number of ether oxygens (including phenoxy) is 1. The summed E-state index contributed by atoms with van der Waals surface area (Å²) in [5.41, 5.74) is 1.34. The number of piperidine rings is 1. The van der Waals surface area contributed by atoms with Crippen LogP contribution >= 0.6 is 0 Å². The molecule has 3 amide bonds. The van der Waals surface area contributed by atoms with E-state index in [2.05, 4.69) is 0 Å². The van der Waals surface area contributed by atoms with Gasteiger partial charge >= 0.3 is 5.97 Å². The number of carbonyl (C=O) groups excluding carboxylic acids is 4. The molecular formula is C22H20N2O5. The van der Waals surface area contributed by atoms with Crippen molar-refractivity contribution >= 4 is 29.4 Å². The van der Waals surface area contributed by atoms with Gasteiger partial charge in [-0.1, -0.05) is 12.1 Å². The van der Waals surface area contributed by atoms with Crippen molar-refractivity contribution in [3.63, 3.8) is 0 Å². The maximum absolute atomic E-state index is 12.5. The van der Waals surface area contributed by atoms with Gasteiger partial charge in [-0.3, -0.25) is 14.4 Å². The molecule has 2 aromatic carbocycles. The van der Waals surface area contributed by atoms with Gasteiger partial charge in [0.25, 0.3) is 17.7 Å². The fraction of sp³-hybridized carbons (Fsp3) is 0.273. The third-order valence-electron chi connectivity index (χ3n) is 5.19. The standard InChI is InChI=1S/C22H20N2O5/c25-19(23-12-4-1-5-13-23)14-29-22(28)15-8-10-16(11-9-15)24-20(26)17-6-2-3-7-18(17)21(24)27/h2-3,6-11H,1,4-5,12-14H2. The molecule has 0 saturated carbocycles. The molecule has 1 fully saturated rings. The van der Waals surface area contributed by atoms with Crippen LogP contribution in [-0.2, 0) is 9.53 Å². The number of carbonyl (C=O) groups is 4. The van der Waals surface area contributed by atoms with Gasteiger partial charge in [0.1, 0.15) is 0 Å². The Hall–Kier alpha value is -3.48. The Morgan fingerprint density at radius 1 is 0.828 bits per heavy atom. The predicted octanol–water partition coefficient (Wildman–Crippen LogP) is 2.66. The lowest BCUT2D eigenvalue weighted by atomic mass is 10.1. The number of fused-ring (bicyclic) bond motifs is 1. The first-order valence-corrected chi connectivity index (χ1v) is 9.59. The molecule has 0 unspecified atom stereocenters. The third-order valence-corrected chi connectivity index (χ3v) is 5.19. The van der Waals surface area contributed by atoms with Gasteiger partial charge in [0.2, 0.25) is 0 Å². The van der Waals surface area contributed by atoms with E-state index in [1.54, 1.807) is 29.2 Å². The van der Waals surface area contributed by atoms with Gasteiger partial charge in [0.15, 0.2) is 6.61 Å². The zero-order valence-electron chi connectivity index (χ0n) is 15.8. The van der Waals surface area contributed by atoms with Gasteiger partial charge in [-0.25, -0.2) is 9.69 Å². The summed E-state index contributed by atoms with van der Waals surface area (Å²) in [6.45, 7) is 1.11. The van der Waals surface area contributed by atoms with Crippen LogP contribution in [0.1, 0.15) is 50.3 Å². The molecule has 0 aliphatic carbocycles. The van der Waals surface area contributed by atoms with Crippen LogP contribution in [-0.4, -0.2) is 48.3 Å². The Kier molecular flexibility index (Phi) is 5.12. The monoisotopic (exact) mass is 392 g/mol. The van der Waals surface area contributed by atoms with Crippen LogP contribution in [0.25, 0.3) is 0 Å². The third kappa shape index (κ3) is 3.63. The van der Waals surface area contributed by atoms with E-state index in [4.69, 9.17) is 4.74 Å². The Labute approximate surface area is 167 Å². The maximum atomic E-state index is 12.5. The molecule has 29 heavy (non-hydrogen) atoms. The average molecular weight is 392 g/mol. The number of nitrogens with zero attached hydrogens (tertiary/aromatic N) is 2. The summed E-state index contributed by atoms with van der Waals surface area (Å²) < 4.78 is 5.12. The SMILES string of the molecule is O=C(OCC(=O)N1CCCCC1)c1ccc(N2C(=O)c3ccccc3C2=O)cc1. The molecule has 0 bridgehead atoms. The smallest absolute Gasteiger partial charge is 0.338 e. The predicted molar refractivity (Wildman–Crippen MR) is 105 cm³/mol. The molecule has 7 heteroatoms. The molecular weight excluding hydrogens is 372 g/mol. The van der Waals surface area contributed by atoms with Crippen molar-refractivity contribution < 1.29 is 23.9 Å². The number of rotatable bonds is 4. The summed E-state index contributed by atoms with van der Waals surface area (Å²) in [5.74, 6) is -1.61. The van der Waals surface area contributed by atoms with Crippen molar-refractivity contribution in [2.75, 3.05) is 24.6 Å². The lowest BCUT2D eigenvalue weighted by Crippen LogP contribution is -2.38. The molecule has 0 aromatic heterocycles. The Morgan fingerprint density at radius 3 is 2.00 bits per heavy atom. The maximum Gasteiger partial charge on any atom is 0.338 e. The van der Waals surface area contributed by atoms with Crippen molar-refractivity contribution in [2.45, 2.75) is 19.3 Å². The fourth-order valence-electron chi connectivity index (χ4n) is 3.62. The van der Waals surface area contributed by atoms with Crippen molar-refractivity contribution in [1.29, 1.82) is 0 Å². The van der Waals surface area contributed by atoms with E-state index in [0.717, 1.165) is 24.2 Å². The highest BCUT2D eigenvalue weighted by molar-refractivity contribution is 6.34. The highest BCUT2D eigenvalue weighted by Gasteiger charge is 2.36. The molecule has 2 heterocycles. The van der Waals surface area contributed by atoms with Crippen molar-refractivity contribution in [2.24, 2.45) is 0 Å². The van der Waals surface area contributed by atoms with Crippen LogP contribution in [0.3, 0.4) is 0 Å². The number of hydrogen-bond acceptors (Lipinski definition) is 5. The van der Waals surface area contributed by atoms with E-state index < -0.39 is 17.8 Å². The first-order chi connectivity index (χ1) is 14.1. The zero-order chi connectivity index (χ0) is 20.4. The number of amides is 3. The minimum Gasteiger partial charge on any atom is -0.452 e. The van der Waals surface area contributed by atoms with E-state index in [0.29, 0.717) is 29.9 Å². The number of anilines is 1. The van der Waals surface area contributed by atoms with E-state index in [1.165, 1.54) is 24.3 Å². The minimum atomic E-state index is -0.621. The summed E-state index contributed by atoms with van der Waals surface area (Å²) in [4.78, 5) is 52.2. The number of imide groups is 1. The van der Waals surface area contributed by atoms with Gasteiger partial charge in [0.05, 0.1) is 22.4 Å². The quantitative estimate of drug-likeness (QED) is 0.590. The van der Waals surface area contributed by atoms with Crippen molar-refractivity contribution in [3.05, 3.63) is 65.2 Å². The second kappa shape index (κ2) is 7.87. The Balaban J connectivity index is 1.40. The first-order valence-electron chi connectivity index (χ1n) is 9.59. The van der Waals surface area contributed by atoms with Crippen LogP contribution in [0.5, 0.6) is 0 Å². The van der Waals surface area contributed by atoms with Crippen LogP contribution in [0.2, 0.25) is 0 Å². The number of benzene rings is 2. The molecule has 7 nitrogen and oxygen atoms in total. The van der Waals surface area contributed by atoms with Crippen LogP contribution in [0.15, 0.2) is 48.5 Å². The second-order valence-corrected chi connectivity index (χ2v) is 7.06. The number of esters is 1. The van der Waals surface area contributed by atoms with Crippen molar-refractivity contribution in [3.8, 4) is 0 Å². The van der Waals surface area contributed by atoms with Crippen LogP contribution < -0.4 is 4.90 Å². The van der Waals surface area contributed by atoms with E-state index >= 15 is 0 Å². The summed E-state index contributed by atoms with van der Waals surface area (Å²) in [7, 11) is 0. The largest absolute Gasteiger partial charge is 0.452 e. The van der Waals surface area contributed by atoms with E-state index in [9.17, 15) is 19.2 Å². The summed E-state index contributed by atoms with van der Waals surface area (Å²) in [6, 6.07) is 12.6. The fourth-order valence-corrected chi connectivity index (χ4v) is 3.62. The molecule has 148 valence electrons. The molecule has 2 aliphatic rings. The first kappa shape index (κ1) is 18.9. The lowest BCUT2D eigenvalue weighted by Gasteiger charge is -2.26. The van der Waals surface area contributed by atoms with Crippen LogP contribution in [0.4, 0.5) is 5.69 Å². The van der Waals surface area contributed by atoms with Gasteiger partial charge in [-0.05, 0) is 55.7 Å². The lowest BCUT2D eigenvalue weighted by molar-refractivity contribution is -0.135. The van der Waals surface area contributed by atoms with E-state index in [1.807, 2.05) is 0 Å². The Morgan fingerprint density at radius 2 is 1.41 bits per heavy atom. The Bertz CT molecular complexity index is 942. The van der Waals surface area contributed by atoms with Crippen LogP contribution in [0, 0.1) is 0 Å². The van der Waals surface area contributed by atoms with Gasteiger partial charge in [0, 0.05) is 13.1 Å². The topological polar surface area (TPSA) is 84.0 Å². The molecule has 0 atom stereocenters. The number of hydrogen-bond donors (Lipinski definition) is 0. The second-order valence-electron chi connectivity index (χ2n) is 7.06. The van der Waals surface area contributed by atoms with Gasteiger partial charge in [-0.2, -0.15) is 0 Å². The van der Waals surface area contributed by atoms with Crippen molar-refractivity contribution in [1.82, 2.24) is 4.90 Å². The molecule has 4 rings (SSSR count). The average Bonchev–Trinajstić information content (AvgIpc) is 3.03. The highest BCUT2D eigenvalue weighted by Crippen LogP contribution is 2.28. The normalized spacial score (nSPS) is 16.0. The summed E-state index contributed by atoms with van der Waals surface area (Å²) in [6.07, 6.45) is 3.06. The van der Waals surface area contributed by atoms with Gasteiger partial charge in [-0.15, -0.1) is 0 Å². The molecule has 2 aliphatic heterocycles. The molecule has 0 spiro atoms. The van der Waals surface area contributed by atoms with E-state index in [-0.39, 0.29) is 18.1 Å². The number of likely N-dealkylation sites (tertiary alicyclic amines) is 1. The molecule has 0 radical (unpaired) electrons. The van der Waals surface area contributed by atoms with Gasteiger partial charge < -0.3 is 9.64 Å².